The van der Waals surface area contributed by atoms with Crippen molar-refractivity contribution >= 4 is 28.5 Å². The van der Waals surface area contributed by atoms with E-state index in [0.717, 1.165) is 11.3 Å². The standard InChI is InChI=1S/C13H15NO3S/c1-8-3-4-10(16)5-12(8)14-7-11(6-13(14)17)18-9(2)15/h3-5,11,16H,6-7H2,1-2H3. The van der Waals surface area contributed by atoms with Gasteiger partial charge in [-0.1, -0.05) is 17.8 Å². The first-order valence-corrected chi connectivity index (χ1v) is 6.62. The van der Waals surface area contributed by atoms with Crippen molar-refractivity contribution in [2.75, 3.05) is 11.4 Å². The number of nitrogens with zero attached hydrogens (tertiary/aromatic N) is 1. The molecule has 4 nitrogen and oxygen atoms in total. The molecule has 5 heteroatoms. The number of phenolic OH excluding ortho intramolecular Hbond substituents is 1. The lowest BCUT2D eigenvalue weighted by Crippen LogP contribution is -2.25. The largest absolute Gasteiger partial charge is 0.508 e. The molecule has 0 radical (unpaired) electrons. The highest BCUT2D eigenvalue weighted by molar-refractivity contribution is 8.14. The van der Waals surface area contributed by atoms with Gasteiger partial charge in [-0.15, -0.1) is 0 Å². The maximum absolute atomic E-state index is 11.9. The summed E-state index contributed by atoms with van der Waals surface area (Å²) in [6.07, 6.45) is 0.374. The summed E-state index contributed by atoms with van der Waals surface area (Å²) in [5, 5.41) is 9.54. The lowest BCUT2D eigenvalue weighted by Gasteiger charge is -2.19. The molecule has 1 aliphatic heterocycles. The van der Waals surface area contributed by atoms with Crippen molar-refractivity contribution < 1.29 is 14.7 Å². The van der Waals surface area contributed by atoms with E-state index < -0.39 is 0 Å². The van der Waals surface area contributed by atoms with E-state index in [1.54, 1.807) is 23.1 Å². The van der Waals surface area contributed by atoms with E-state index >= 15 is 0 Å². The van der Waals surface area contributed by atoms with Crippen molar-refractivity contribution in [2.45, 2.75) is 25.5 Å². The molecule has 1 aromatic rings. The SMILES string of the molecule is CC(=O)SC1CC(=O)N(c2cc(O)ccc2C)C1. The summed E-state index contributed by atoms with van der Waals surface area (Å²) < 4.78 is 0. The lowest BCUT2D eigenvalue weighted by molar-refractivity contribution is -0.117. The van der Waals surface area contributed by atoms with E-state index in [0.29, 0.717) is 13.0 Å². The average Bonchev–Trinajstić information content (AvgIpc) is 2.62. The number of rotatable bonds is 2. The van der Waals surface area contributed by atoms with Gasteiger partial charge in [-0.05, 0) is 18.6 Å². The highest BCUT2D eigenvalue weighted by atomic mass is 32.2. The Morgan fingerprint density at radius 2 is 2.22 bits per heavy atom. The normalized spacial score (nSPS) is 19.3. The highest BCUT2D eigenvalue weighted by Crippen LogP contribution is 2.32. The molecular weight excluding hydrogens is 250 g/mol. The first-order valence-electron chi connectivity index (χ1n) is 5.74. The van der Waals surface area contributed by atoms with E-state index in [9.17, 15) is 14.7 Å². The predicted octanol–water partition coefficient (Wildman–Crippen LogP) is 2.09. The van der Waals surface area contributed by atoms with Gasteiger partial charge in [0.1, 0.15) is 5.75 Å². The minimum absolute atomic E-state index is 0.00227. The van der Waals surface area contributed by atoms with Gasteiger partial charge in [0.15, 0.2) is 5.12 Å². The van der Waals surface area contributed by atoms with Crippen LogP contribution in [-0.4, -0.2) is 27.9 Å². The summed E-state index contributed by atoms with van der Waals surface area (Å²) in [4.78, 5) is 24.7. The molecule has 0 saturated carbocycles. The predicted molar refractivity (Wildman–Crippen MR) is 71.9 cm³/mol. The molecule has 0 aromatic heterocycles. The van der Waals surface area contributed by atoms with Crippen LogP contribution < -0.4 is 4.90 Å². The van der Waals surface area contributed by atoms with Gasteiger partial charge in [0, 0.05) is 31.2 Å². The Hall–Kier alpha value is -1.49. The van der Waals surface area contributed by atoms with Crippen molar-refractivity contribution in [2.24, 2.45) is 0 Å². The molecule has 1 unspecified atom stereocenters. The number of carbonyl (C=O) groups excluding carboxylic acids is 2. The molecule has 2 rings (SSSR count). The molecule has 0 bridgehead atoms. The van der Waals surface area contributed by atoms with Crippen molar-refractivity contribution in [3.63, 3.8) is 0 Å². The molecule has 96 valence electrons. The molecule has 18 heavy (non-hydrogen) atoms. The van der Waals surface area contributed by atoms with E-state index in [1.807, 2.05) is 6.92 Å². The number of aryl methyl sites for hydroxylation is 1. The zero-order valence-corrected chi connectivity index (χ0v) is 11.2. The Bertz CT molecular complexity index is 501. The van der Waals surface area contributed by atoms with Crippen LogP contribution in [0.4, 0.5) is 5.69 Å². The van der Waals surface area contributed by atoms with Gasteiger partial charge in [0.25, 0.3) is 0 Å². The van der Waals surface area contributed by atoms with Gasteiger partial charge in [-0.3, -0.25) is 9.59 Å². The van der Waals surface area contributed by atoms with Crippen LogP contribution in [-0.2, 0) is 9.59 Å². The van der Waals surface area contributed by atoms with Gasteiger partial charge in [-0.2, -0.15) is 0 Å². The number of benzene rings is 1. The second-order valence-electron chi connectivity index (χ2n) is 4.41. The van der Waals surface area contributed by atoms with E-state index in [2.05, 4.69) is 0 Å². The summed E-state index contributed by atoms with van der Waals surface area (Å²) in [6.45, 7) is 3.93. The molecule has 1 saturated heterocycles. The van der Waals surface area contributed by atoms with Gasteiger partial charge in [0.05, 0.1) is 5.69 Å². The first kappa shape index (κ1) is 13.0. The zero-order valence-electron chi connectivity index (χ0n) is 10.3. The molecule has 0 aliphatic carbocycles. The fraction of sp³-hybridized carbons (Fsp3) is 0.385. The quantitative estimate of drug-likeness (QED) is 0.889. The molecule has 0 spiro atoms. The number of thioether (sulfide) groups is 1. The highest BCUT2D eigenvalue weighted by Gasteiger charge is 2.32. The second kappa shape index (κ2) is 5.02. The molecule has 1 aromatic carbocycles. The number of aromatic hydroxyl groups is 1. The molecule has 1 fully saturated rings. The Morgan fingerprint density at radius 1 is 1.50 bits per heavy atom. The smallest absolute Gasteiger partial charge is 0.228 e. The number of hydrogen-bond donors (Lipinski definition) is 1. The van der Waals surface area contributed by atoms with Crippen molar-refractivity contribution in [3.8, 4) is 5.75 Å². The number of phenols is 1. The van der Waals surface area contributed by atoms with E-state index in [1.165, 1.54) is 18.7 Å². The van der Waals surface area contributed by atoms with Crippen LogP contribution in [0.15, 0.2) is 18.2 Å². The maximum atomic E-state index is 11.9. The molecule has 1 heterocycles. The van der Waals surface area contributed by atoms with Gasteiger partial charge in [0.2, 0.25) is 5.91 Å². The summed E-state index contributed by atoms with van der Waals surface area (Å²) >= 11 is 1.21. The van der Waals surface area contributed by atoms with Crippen molar-refractivity contribution in [1.29, 1.82) is 0 Å². The van der Waals surface area contributed by atoms with Gasteiger partial charge >= 0.3 is 0 Å². The molecule has 1 amide bonds. The fourth-order valence-electron chi connectivity index (χ4n) is 2.11. The fourth-order valence-corrected chi connectivity index (χ4v) is 3.03. The van der Waals surface area contributed by atoms with Crippen LogP contribution in [0.1, 0.15) is 18.9 Å². The molecule has 1 N–H and O–H groups in total. The maximum Gasteiger partial charge on any atom is 0.228 e. The third-order valence-electron chi connectivity index (χ3n) is 2.91. The Kier molecular flexibility index (Phi) is 3.61. The summed E-state index contributed by atoms with van der Waals surface area (Å²) in [5.41, 5.74) is 1.67. The second-order valence-corrected chi connectivity index (χ2v) is 5.89. The number of amides is 1. The first-order chi connectivity index (χ1) is 8.47. The Labute approximate surface area is 110 Å². The summed E-state index contributed by atoms with van der Waals surface area (Å²) in [5.74, 6) is 0.147. The third-order valence-corrected chi connectivity index (χ3v) is 3.89. The number of hydrogen-bond acceptors (Lipinski definition) is 4. The van der Waals surface area contributed by atoms with E-state index in [4.69, 9.17) is 0 Å². The minimum atomic E-state index is 0.00227. The van der Waals surface area contributed by atoms with Crippen LogP contribution in [0.3, 0.4) is 0 Å². The molecular formula is C13H15NO3S. The molecule has 1 aliphatic rings. The average molecular weight is 265 g/mol. The van der Waals surface area contributed by atoms with Crippen LogP contribution in [0.25, 0.3) is 0 Å². The van der Waals surface area contributed by atoms with Crippen LogP contribution in [0.2, 0.25) is 0 Å². The van der Waals surface area contributed by atoms with Crippen LogP contribution in [0, 0.1) is 6.92 Å². The molecule has 1 atom stereocenters. The third kappa shape index (κ3) is 2.67. The minimum Gasteiger partial charge on any atom is -0.508 e. The van der Waals surface area contributed by atoms with Gasteiger partial charge < -0.3 is 10.0 Å². The van der Waals surface area contributed by atoms with Gasteiger partial charge in [-0.25, -0.2) is 0 Å². The number of anilines is 1. The summed E-state index contributed by atoms with van der Waals surface area (Å²) in [7, 11) is 0. The Balaban J connectivity index is 2.21. The zero-order chi connectivity index (χ0) is 13.3. The van der Waals surface area contributed by atoms with Crippen molar-refractivity contribution in [3.05, 3.63) is 23.8 Å². The summed E-state index contributed by atoms with van der Waals surface area (Å²) in [6, 6.07) is 4.97. The monoisotopic (exact) mass is 265 g/mol. The lowest BCUT2D eigenvalue weighted by atomic mass is 10.2. The van der Waals surface area contributed by atoms with E-state index in [-0.39, 0.29) is 22.0 Å². The Morgan fingerprint density at radius 3 is 2.89 bits per heavy atom. The van der Waals surface area contributed by atoms with Crippen LogP contribution in [0.5, 0.6) is 5.75 Å². The number of carbonyl (C=O) groups is 2. The van der Waals surface area contributed by atoms with Crippen LogP contribution >= 0.6 is 11.8 Å². The van der Waals surface area contributed by atoms with Crippen molar-refractivity contribution in [1.82, 2.24) is 0 Å². The topological polar surface area (TPSA) is 57.6 Å².